The van der Waals surface area contributed by atoms with Crippen molar-refractivity contribution in [1.29, 1.82) is 0 Å². The van der Waals surface area contributed by atoms with Crippen molar-refractivity contribution in [3.05, 3.63) is 30.6 Å². The van der Waals surface area contributed by atoms with Crippen molar-refractivity contribution in [2.24, 2.45) is 5.14 Å². The van der Waals surface area contributed by atoms with E-state index in [1.807, 2.05) is 0 Å². The number of primary sulfonamides is 1. The second-order valence-corrected chi connectivity index (χ2v) is 5.46. The average molecular weight is 291 g/mol. The van der Waals surface area contributed by atoms with Crippen LogP contribution in [0.5, 0.6) is 0 Å². The number of nitrogens with zero attached hydrogens (tertiary/aromatic N) is 4. The first-order valence-electron chi connectivity index (χ1n) is 5.45. The fraction of sp³-hybridized carbons (Fsp3) is 0. The molecule has 0 unspecified atom stereocenters. The van der Waals surface area contributed by atoms with Gasteiger partial charge in [-0.2, -0.15) is 30.8 Å². The van der Waals surface area contributed by atoms with Crippen molar-refractivity contribution in [2.45, 2.75) is 4.90 Å². The number of nitrogens with two attached hydrogens (primary N) is 1. The van der Waals surface area contributed by atoms with Crippen LogP contribution >= 0.6 is 0 Å². The summed E-state index contributed by atoms with van der Waals surface area (Å²) in [6, 6.07) is 4.69. The molecule has 9 nitrogen and oxygen atoms in total. The lowest BCUT2D eigenvalue weighted by atomic mass is 10.0. The van der Waals surface area contributed by atoms with Gasteiger partial charge in [-0.3, -0.25) is 0 Å². The molecule has 0 aliphatic rings. The molecule has 0 aliphatic heterocycles. The summed E-state index contributed by atoms with van der Waals surface area (Å²) >= 11 is 0. The van der Waals surface area contributed by atoms with E-state index >= 15 is 0 Å². The van der Waals surface area contributed by atoms with Crippen LogP contribution in [0.25, 0.3) is 22.5 Å². The Labute approximate surface area is 113 Å². The van der Waals surface area contributed by atoms with Crippen LogP contribution in [0.2, 0.25) is 0 Å². The minimum Gasteiger partial charge on any atom is -0.225 e. The molecule has 0 fully saturated rings. The van der Waals surface area contributed by atoms with E-state index in [1.165, 1.54) is 18.5 Å². The Hall–Kier alpha value is -2.59. The van der Waals surface area contributed by atoms with Gasteiger partial charge in [-0.05, 0) is 6.07 Å². The summed E-state index contributed by atoms with van der Waals surface area (Å²) in [5, 5.41) is 25.4. The van der Waals surface area contributed by atoms with E-state index in [0.717, 1.165) is 0 Å². The molecule has 20 heavy (non-hydrogen) atoms. The topological polar surface area (TPSA) is 143 Å². The molecule has 10 heteroatoms. The lowest BCUT2D eigenvalue weighted by Crippen LogP contribution is -2.14. The highest BCUT2D eigenvalue weighted by Gasteiger charge is 2.22. The Morgan fingerprint density at radius 1 is 1.00 bits per heavy atom. The first kappa shape index (κ1) is 12.4. The Bertz CT molecular complexity index is 825. The Morgan fingerprint density at radius 2 is 1.65 bits per heavy atom. The van der Waals surface area contributed by atoms with E-state index in [9.17, 15) is 8.42 Å². The molecule has 0 atom stereocenters. The van der Waals surface area contributed by atoms with E-state index < -0.39 is 10.0 Å². The lowest BCUT2D eigenvalue weighted by Gasteiger charge is -2.09. The smallest absolute Gasteiger partial charge is 0.225 e. The molecule has 4 N–H and O–H groups in total. The SMILES string of the molecule is NS(=O)(=O)c1cccc(-c2cn[nH]n2)c1-c1cn[nH]n1. The molecule has 3 rings (SSSR count). The lowest BCUT2D eigenvalue weighted by molar-refractivity contribution is 0.598. The number of hydrogen-bond acceptors (Lipinski definition) is 6. The van der Waals surface area contributed by atoms with Crippen molar-refractivity contribution < 1.29 is 8.42 Å². The van der Waals surface area contributed by atoms with Gasteiger partial charge in [0.25, 0.3) is 0 Å². The number of aromatic nitrogens is 6. The molecule has 0 amide bonds. The molecule has 3 aromatic rings. The molecule has 0 bridgehead atoms. The Balaban J connectivity index is 2.37. The molecule has 2 heterocycles. The number of nitrogens with one attached hydrogen (secondary N) is 2. The van der Waals surface area contributed by atoms with Gasteiger partial charge in [0, 0.05) is 11.1 Å². The maximum Gasteiger partial charge on any atom is 0.238 e. The minimum atomic E-state index is -3.91. The Kier molecular flexibility index (Phi) is 2.80. The van der Waals surface area contributed by atoms with Gasteiger partial charge >= 0.3 is 0 Å². The quantitative estimate of drug-likeness (QED) is 0.615. The first-order chi connectivity index (χ1) is 9.57. The third-order valence-electron chi connectivity index (χ3n) is 2.69. The zero-order chi connectivity index (χ0) is 14.2. The van der Waals surface area contributed by atoms with Crippen LogP contribution in [0.3, 0.4) is 0 Å². The first-order valence-corrected chi connectivity index (χ1v) is 7.00. The highest BCUT2D eigenvalue weighted by molar-refractivity contribution is 7.89. The van der Waals surface area contributed by atoms with Gasteiger partial charge < -0.3 is 0 Å². The van der Waals surface area contributed by atoms with E-state index in [1.54, 1.807) is 12.1 Å². The summed E-state index contributed by atoms with van der Waals surface area (Å²) in [7, 11) is -3.91. The van der Waals surface area contributed by atoms with Crippen LogP contribution in [0.15, 0.2) is 35.5 Å². The summed E-state index contributed by atoms with van der Waals surface area (Å²) < 4.78 is 23.5. The minimum absolute atomic E-state index is 0.0492. The predicted molar refractivity (Wildman–Crippen MR) is 68.6 cm³/mol. The molecule has 0 spiro atoms. The van der Waals surface area contributed by atoms with Crippen LogP contribution < -0.4 is 5.14 Å². The second-order valence-electron chi connectivity index (χ2n) is 3.93. The highest BCUT2D eigenvalue weighted by Crippen LogP contribution is 2.34. The van der Waals surface area contributed by atoms with E-state index in [-0.39, 0.29) is 4.90 Å². The number of hydrogen-bond donors (Lipinski definition) is 3. The summed E-state index contributed by atoms with van der Waals surface area (Å²) in [5.41, 5.74) is 1.71. The van der Waals surface area contributed by atoms with Gasteiger partial charge in [0.1, 0.15) is 11.4 Å². The normalized spacial score (nSPS) is 11.7. The van der Waals surface area contributed by atoms with E-state index in [2.05, 4.69) is 30.8 Å². The highest BCUT2D eigenvalue weighted by atomic mass is 32.2. The van der Waals surface area contributed by atoms with Crippen LogP contribution in [0, 0.1) is 0 Å². The molecular weight excluding hydrogens is 282 g/mol. The Morgan fingerprint density at radius 3 is 2.20 bits per heavy atom. The number of rotatable bonds is 3. The second kappa shape index (κ2) is 4.51. The van der Waals surface area contributed by atoms with Crippen LogP contribution in [0.1, 0.15) is 0 Å². The van der Waals surface area contributed by atoms with Crippen molar-refractivity contribution in [3.63, 3.8) is 0 Å². The molecule has 102 valence electrons. The summed E-state index contributed by atoms with van der Waals surface area (Å²) in [6.45, 7) is 0. The van der Waals surface area contributed by atoms with Crippen molar-refractivity contribution >= 4 is 10.0 Å². The van der Waals surface area contributed by atoms with Crippen molar-refractivity contribution in [3.8, 4) is 22.5 Å². The monoisotopic (exact) mass is 291 g/mol. The van der Waals surface area contributed by atoms with Gasteiger partial charge in [0.05, 0.1) is 17.3 Å². The van der Waals surface area contributed by atoms with E-state index in [0.29, 0.717) is 22.5 Å². The van der Waals surface area contributed by atoms with Crippen molar-refractivity contribution in [2.75, 3.05) is 0 Å². The van der Waals surface area contributed by atoms with Gasteiger partial charge in [-0.25, -0.2) is 13.6 Å². The van der Waals surface area contributed by atoms with Crippen LogP contribution in [-0.2, 0) is 10.0 Å². The zero-order valence-electron chi connectivity index (χ0n) is 9.98. The molecule has 0 aliphatic carbocycles. The number of benzene rings is 1. The third-order valence-corrected chi connectivity index (χ3v) is 3.65. The summed E-state index contributed by atoms with van der Waals surface area (Å²) in [5.74, 6) is 0. The van der Waals surface area contributed by atoms with Crippen LogP contribution in [-0.4, -0.2) is 39.2 Å². The van der Waals surface area contributed by atoms with Gasteiger partial charge in [-0.1, -0.05) is 12.1 Å². The largest absolute Gasteiger partial charge is 0.238 e. The number of H-pyrrole nitrogens is 2. The standard InChI is InChI=1S/C10H9N7O2S/c11-20(18,19)9-3-1-2-6(7-4-12-16-14-7)10(9)8-5-13-17-15-8/h1-5H,(H2,11,18,19)(H,12,14,16)(H,13,15,17). The van der Waals surface area contributed by atoms with Gasteiger partial charge in [-0.15, -0.1) is 0 Å². The molecule has 0 saturated carbocycles. The predicted octanol–water partition coefficient (Wildman–Crippen LogP) is -0.0958. The molecule has 2 aromatic heterocycles. The third kappa shape index (κ3) is 2.06. The summed E-state index contributed by atoms with van der Waals surface area (Å²) in [6.07, 6.45) is 2.89. The zero-order valence-corrected chi connectivity index (χ0v) is 10.8. The molecule has 0 radical (unpaired) electrons. The maximum absolute atomic E-state index is 11.7. The molecule has 0 saturated heterocycles. The maximum atomic E-state index is 11.7. The fourth-order valence-corrected chi connectivity index (χ4v) is 2.67. The van der Waals surface area contributed by atoms with Crippen LogP contribution in [0.4, 0.5) is 0 Å². The molecule has 1 aromatic carbocycles. The van der Waals surface area contributed by atoms with Gasteiger partial charge in [0.2, 0.25) is 10.0 Å². The molecular formula is C10H9N7O2S. The number of sulfonamides is 1. The van der Waals surface area contributed by atoms with Crippen molar-refractivity contribution in [1.82, 2.24) is 30.8 Å². The fourth-order valence-electron chi connectivity index (χ4n) is 1.90. The number of aromatic amines is 2. The summed E-state index contributed by atoms with van der Waals surface area (Å²) in [4.78, 5) is -0.0492. The van der Waals surface area contributed by atoms with Gasteiger partial charge in [0.15, 0.2) is 0 Å². The van der Waals surface area contributed by atoms with E-state index in [4.69, 9.17) is 5.14 Å². The average Bonchev–Trinajstić information content (AvgIpc) is 3.10.